The van der Waals surface area contributed by atoms with Crippen LogP contribution in [0.5, 0.6) is 5.75 Å². The SMILES string of the molecule is COc1ccc(C(=O)C2CCN(c3ncc([N+](=O)[O-])c(NC4CC4)n3)CC2)cc1. The van der Waals surface area contributed by atoms with Gasteiger partial charge in [0.2, 0.25) is 11.8 Å². The molecule has 1 aliphatic heterocycles. The molecule has 9 heteroatoms. The molecule has 1 aliphatic carbocycles. The normalized spacial score (nSPS) is 17.1. The topological polar surface area (TPSA) is 110 Å². The van der Waals surface area contributed by atoms with Crippen molar-refractivity contribution >= 4 is 23.2 Å². The Labute approximate surface area is 168 Å². The standard InChI is InChI=1S/C20H23N5O4/c1-29-16-6-2-13(3-7-16)18(26)14-8-10-24(11-9-14)20-21-12-17(25(27)28)19(23-20)22-15-4-5-15/h2-3,6-7,12,14-15H,4-5,8-11H2,1H3,(H,21,22,23). The van der Waals surface area contributed by atoms with E-state index in [9.17, 15) is 14.9 Å². The summed E-state index contributed by atoms with van der Waals surface area (Å²) in [7, 11) is 1.60. The molecular weight excluding hydrogens is 374 g/mol. The van der Waals surface area contributed by atoms with Crippen molar-refractivity contribution in [2.24, 2.45) is 5.92 Å². The second-order valence-corrected chi connectivity index (χ2v) is 7.43. The summed E-state index contributed by atoms with van der Waals surface area (Å²) in [5.41, 5.74) is 0.581. The van der Waals surface area contributed by atoms with Crippen LogP contribution in [0.15, 0.2) is 30.5 Å². The zero-order valence-corrected chi connectivity index (χ0v) is 16.2. The number of nitrogens with one attached hydrogen (secondary N) is 1. The highest BCUT2D eigenvalue weighted by molar-refractivity contribution is 5.98. The van der Waals surface area contributed by atoms with Gasteiger partial charge in [-0.3, -0.25) is 14.9 Å². The Balaban J connectivity index is 1.42. The lowest BCUT2D eigenvalue weighted by Crippen LogP contribution is -2.37. The first-order chi connectivity index (χ1) is 14.0. The number of piperidine rings is 1. The minimum Gasteiger partial charge on any atom is -0.497 e. The lowest BCUT2D eigenvalue weighted by molar-refractivity contribution is -0.384. The third kappa shape index (κ3) is 4.28. The lowest BCUT2D eigenvalue weighted by Gasteiger charge is -2.31. The molecule has 2 fully saturated rings. The number of aromatic nitrogens is 2. The van der Waals surface area contributed by atoms with Gasteiger partial charge >= 0.3 is 5.69 Å². The summed E-state index contributed by atoms with van der Waals surface area (Å²) < 4.78 is 5.14. The van der Waals surface area contributed by atoms with Crippen LogP contribution in [0.25, 0.3) is 0 Å². The number of rotatable bonds is 7. The molecule has 1 N–H and O–H groups in total. The molecule has 0 spiro atoms. The number of ether oxygens (including phenoxy) is 1. The summed E-state index contributed by atoms with van der Waals surface area (Å²) in [5, 5.41) is 14.4. The first-order valence-corrected chi connectivity index (χ1v) is 9.76. The molecule has 2 aromatic rings. The van der Waals surface area contributed by atoms with Gasteiger partial charge in [0, 0.05) is 30.6 Å². The molecule has 9 nitrogen and oxygen atoms in total. The molecule has 2 heterocycles. The fourth-order valence-corrected chi connectivity index (χ4v) is 3.51. The molecule has 0 atom stereocenters. The number of nitro groups is 1. The van der Waals surface area contributed by atoms with E-state index in [0.717, 1.165) is 18.6 Å². The summed E-state index contributed by atoms with van der Waals surface area (Å²) in [5.74, 6) is 1.55. The second kappa shape index (κ2) is 8.02. The molecule has 1 aromatic heterocycles. The van der Waals surface area contributed by atoms with E-state index >= 15 is 0 Å². The Bertz CT molecular complexity index is 906. The van der Waals surface area contributed by atoms with Gasteiger partial charge in [0.15, 0.2) is 5.78 Å². The Morgan fingerprint density at radius 1 is 1.21 bits per heavy atom. The number of Topliss-reactive ketones (excluding diaryl/α,β-unsaturated/α-hetero) is 1. The molecule has 1 aromatic carbocycles. The minimum absolute atomic E-state index is 0.0539. The third-order valence-electron chi connectivity index (χ3n) is 5.39. The number of ketones is 1. The largest absolute Gasteiger partial charge is 0.497 e. The molecule has 0 amide bonds. The van der Waals surface area contributed by atoms with Crippen LogP contribution in [0.2, 0.25) is 0 Å². The summed E-state index contributed by atoms with van der Waals surface area (Å²) in [6.45, 7) is 1.26. The Kier molecular flexibility index (Phi) is 5.28. The molecule has 0 bridgehead atoms. The Hall–Kier alpha value is -3.23. The molecule has 2 aliphatic rings. The maximum absolute atomic E-state index is 12.8. The average Bonchev–Trinajstić information content (AvgIpc) is 3.57. The molecule has 29 heavy (non-hydrogen) atoms. The van der Waals surface area contributed by atoms with Crippen molar-refractivity contribution in [1.82, 2.24) is 9.97 Å². The average molecular weight is 397 g/mol. The fraction of sp³-hybridized carbons (Fsp3) is 0.450. The van der Waals surface area contributed by atoms with E-state index in [2.05, 4.69) is 15.3 Å². The van der Waals surface area contributed by atoms with Crippen molar-refractivity contribution in [3.63, 3.8) is 0 Å². The molecule has 0 radical (unpaired) electrons. The smallest absolute Gasteiger partial charge is 0.329 e. The second-order valence-electron chi connectivity index (χ2n) is 7.43. The number of nitrogens with zero attached hydrogens (tertiary/aromatic N) is 4. The van der Waals surface area contributed by atoms with E-state index in [4.69, 9.17) is 4.74 Å². The van der Waals surface area contributed by atoms with Gasteiger partial charge in [-0.2, -0.15) is 4.98 Å². The van der Waals surface area contributed by atoms with Gasteiger partial charge in [0.05, 0.1) is 12.0 Å². The third-order valence-corrected chi connectivity index (χ3v) is 5.39. The molecule has 1 saturated heterocycles. The maximum atomic E-state index is 12.8. The van der Waals surface area contributed by atoms with Crippen LogP contribution in [0.3, 0.4) is 0 Å². The highest BCUT2D eigenvalue weighted by atomic mass is 16.6. The number of methoxy groups -OCH3 is 1. The zero-order valence-electron chi connectivity index (χ0n) is 16.2. The van der Waals surface area contributed by atoms with E-state index in [1.165, 1.54) is 6.20 Å². The molecular formula is C20H23N5O4. The van der Waals surface area contributed by atoms with Crippen molar-refractivity contribution in [3.05, 3.63) is 46.1 Å². The van der Waals surface area contributed by atoms with Gasteiger partial charge in [-0.25, -0.2) is 4.98 Å². The number of carbonyl (C=O) groups is 1. The lowest BCUT2D eigenvalue weighted by atomic mass is 9.89. The summed E-state index contributed by atoms with van der Waals surface area (Å²) in [6, 6.07) is 7.43. The van der Waals surface area contributed by atoms with Crippen molar-refractivity contribution in [1.29, 1.82) is 0 Å². The summed E-state index contributed by atoms with van der Waals surface area (Å²) in [4.78, 5) is 34.1. The van der Waals surface area contributed by atoms with Crippen LogP contribution in [0.1, 0.15) is 36.0 Å². The van der Waals surface area contributed by atoms with E-state index in [1.54, 1.807) is 31.4 Å². The van der Waals surface area contributed by atoms with Crippen LogP contribution in [0.4, 0.5) is 17.5 Å². The zero-order chi connectivity index (χ0) is 20.4. The fourth-order valence-electron chi connectivity index (χ4n) is 3.51. The van der Waals surface area contributed by atoms with Crippen LogP contribution >= 0.6 is 0 Å². The molecule has 0 unspecified atom stereocenters. The van der Waals surface area contributed by atoms with E-state index in [1.807, 2.05) is 4.90 Å². The van der Waals surface area contributed by atoms with Crippen LogP contribution in [-0.2, 0) is 0 Å². The van der Waals surface area contributed by atoms with Crippen LogP contribution in [-0.4, -0.2) is 46.9 Å². The number of hydrogen-bond acceptors (Lipinski definition) is 8. The highest BCUT2D eigenvalue weighted by Crippen LogP contribution is 2.31. The van der Waals surface area contributed by atoms with Gasteiger partial charge in [0.1, 0.15) is 11.9 Å². The van der Waals surface area contributed by atoms with Gasteiger partial charge in [-0.05, 0) is 49.9 Å². The summed E-state index contributed by atoms with van der Waals surface area (Å²) in [6.07, 6.45) is 4.64. The number of anilines is 2. The van der Waals surface area contributed by atoms with E-state index in [0.29, 0.717) is 37.4 Å². The number of hydrogen-bond donors (Lipinski definition) is 1. The van der Waals surface area contributed by atoms with Crippen molar-refractivity contribution in [2.45, 2.75) is 31.7 Å². The molecule has 152 valence electrons. The highest BCUT2D eigenvalue weighted by Gasteiger charge is 2.30. The van der Waals surface area contributed by atoms with Crippen molar-refractivity contribution < 1.29 is 14.5 Å². The number of benzene rings is 1. The minimum atomic E-state index is -0.464. The molecule has 1 saturated carbocycles. The van der Waals surface area contributed by atoms with E-state index < -0.39 is 4.92 Å². The molecule has 4 rings (SSSR count). The predicted molar refractivity (Wildman–Crippen MR) is 108 cm³/mol. The van der Waals surface area contributed by atoms with Crippen LogP contribution < -0.4 is 15.0 Å². The van der Waals surface area contributed by atoms with Crippen LogP contribution in [0, 0.1) is 16.0 Å². The monoisotopic (exact) mass is 397 g/mol. The van der Waals surface area contributed by atoms with Crippen molar-refractivity contribution in [2.75, 3.05) is 30.4 Å². The van der Waals surface area contributed by atoms with E-state index in [-0.39, 0.29) is 29.2 Å². The Morgan fingerprint density at radius 2 is 1.90 bits per heavy atom. The number of carbonyl (C=O) groups excluding carboxylic acids is 1. The maximum Gasteiger partial charge on any atom is 0.329 e. The van der Waals surface area contributed by atoms with Gasteiger partial charge in [-0.1, -0.05) is 0 Å². The van der Waals surface area contributed by atoms with Gasteiger partial charge < -0.3 is 15.0 Å². The Morgan fingerprint density at radius 3 is 2.48 bits per heavy atom. The van der Waals surface area contributed by atoms with Gasteiger partial charge in [0.25, 0.3) is 0 Å². The first-order valence-electron chi connectivity index (χ1n) is 9.76. The summed E-state index contributed by atoms with van der Waals surface area (Å²) >= 11 is 0. The quantitative estimate of drug-likeness (QED) is 0.431. The first kappa shape index (κ1) is 19.1. The predicted octanol–water partition coefficient (Wildman–Crippen LogP) is 3.07. The van der Waals surface area contributed by atoms with Gasteiger partial charge in [-0.15, -0.1) is 0 Å². The van der Waals surface area contributed by atoms with Crippen molar-refractivity contribution in [3.8, 4) is 5.75 Å².